The standard InChI is InChI=1S/C9H12BrN.C6H4BrI.C3H9N.CH3F/c1-3-11(2)9-6-4-8(10)5-7-9;7-5-1-3-6(8)4-2-5;1-3-4-2;1-2/h4-7H,3H2,1-2H3;1-4H;4H,3H2,1-2H3;1H3/i;;;1D. The Morgan fingerprint density at radius 3 is 1.68 bits per heavy atom. The van der Waals surface area contributed by atoms with Crippen LogP contribution >= 0.6 is 54.5 Å². The summed E-state index contributed by atoms with van der Waals surface area (Å²) in [5.41, 5.74) is 1.26. The van der Waals surface area contributed by atoms with Crippen LogP contribution in [-0.4, -0.2) is 34.3 Å². The summed E-state index contributed by atoms with van der Waals surface area (Å²) in [7, 11) is 3.02. The van der Waals surface area contributed by atoms with E-state index in [0.717, 1.165) is 22.0 Å². The van der Waals surface area contributed by atoms with E-state index in [1.807, 2.05) is 19.2 Å². The first kappa shape index (κ1) is 24.8. The number of hydrogen-bond donors (Lipinski definition) is 1. The number of nitrogens with zero attached hydrogens (tertiary/aromatic N) is 1. The Bertz CT molecular complexity index is 519. The van der Waals surface area contributed by atoms with Crippen LogP contribution in [0.15, 0.2) is 57.5 Å². The minimum absolute atomic E-state index is 1.00. The van der Waals surface area contributed by atoms with Gasteiger partial charge in [0.05, 0.1) is 8.52 Å². The normalized spacial score (nSPS) is 9.20. The van der Waals surface area contributed by atoms with Crippen molar-refractivity contribution in [1.29, 1.82) is 0 Å². The number of benzene rings is 2. The van der Waals surface area contributed by atoms with Crippen molar-refractivity contribution in [3.8, 4) is 0 Å². The average molecular weight is 591 g/mol. The van der Waals surface area contributed by atoms with Gasteiger partial charge in [-0.2, -0.15) is 0 Å². The second-order valence-electron chi connectivity index (χ2n) is 4.63. The summed E-state index contributed by atoms with van der Waals surface area (Å²) in [5, 5.41) is 2.93. The van der Waals surface area contributed by atoms with Gasteiger partial charge in [-0.1, -0.05) is 38.8 Å². The van der Waals surface area contributed by atoms with Crippen molar-refractivity contribution in [3.63, 3.8) is 0 Å². The van der Waals surface area contributed by atoms with Crippen LogP contribution < -0.4 is 10.2 Å². The molecule has 0 atom stereocenters. The van der Waals surface area contributed by atoms with E-state index in [1.165, 1.54) is 9.26 Å². The lowest BCUT2D eigenvalue weighted by molar-refractivity contribution is 0.636. The highest BCUT2D eigenvalue weighted by Crippen LogP contribution is 2.16. The van der Waals surface area contributed by atoms with Crippen molar-refractivity contribution in [2.75, 3.05) is 39.2 Å². The predicted molar refractivity (Wildman–Crippen MR) is 127 cm³/mol. The highest BCUT2D eigenvalue weighted by atomic mass is 127. The van der Waals surface area contributed by atoms with Crippen molar-refractivity contribution in [2.45, 2.75) is 13.8 Å². The topological polar surface area (TPSA) is 15.3 Å². The van der Waals surface area contributed by atoms with Gasteiger partial charge in [0, 0.05) is 31.8 Å². The largest absolute Gasteiger partial charge is 0.375 e. The Labute approximate surface area is 184 Å². The van der Waals surface area contributed by atoms with Crippen molar-refractivity contribution < 1.29 is 5.76 Å². The third-order valence-corrected chi connectivity index (χ3v) is 4.68. The maximum absolute atomic E-state index is 9.96. The van der Waals surface area contributed by atoms with Gasteiger partial charge in [0.1, 0.15) is 0 Å². The summed E-state index contributed by atoms with van der Waals surface area (Å²) >= 11 is 9.02. The van der Waals surface area contributed by atoms with E-state index in [4.69, 9.17) is 1.37 Å². The van der Waals surface area contributed by atoms with Crippen LogP contribution in [0.4, 0.5) is 10.1 Å². The molecule has 25 heavy (non-hydrogen) atoms. The summed E-state index contributed by atoms with van der Waals surface area (Å²) in [4.78, 5) is 2.20. The molecule has 0 spiro atoms. The first-order valence-corrected chi connectivity index (χ1v) is 10.4. The molecule has 0 unspecified atom stereocenters. The summed E-state index contributed by atoms with van der Waals surface area (Å²) in [5.74, 6) is 0. The molecular formula is C19H28Br2FIN2. The Morgan fingerprint density at radius 1 is 1.04 bits per heavy atom. The van der Waals surface area contributed by atoms with Gasteiger partial charge in [0.15, 0.2) is 0 Å². The van der Waals surface area contributed by atoms with E-state index in [0.29, 0.717) is 0 Å². The lowest BCUT2D eigenvalue weighted by atomic mass is 10.3. The zero-order valence-electron chi connectivity index (χ0n) is 16.2. The highest BCUT2D eigenvalue weighted by molar-refractivity contribution is 14.1. The molecule has 0 aliphatic heterocycles. The maximum atomic E-state index is 9.96. The highest BCUT2D eigenvalue weighted by Gasteiger charge is 1.95. The van der Waals surface area contributed by atoms with Crippen LogP contribution in [0.25, 0.3) is 0 Å². The molecule has 2 nitrogen and oxygen atoms in total. The molecule has 0 aliphatic rings. The first-order chi connectivity index (χ1) is 12.4. The molecule has 0 radical (unpaired) electrons. The molecule has 6 heteroatoms. The summed E-state index contributed by atoms with van der Waals surface area (Å²) in [6, 6.07) is 16.5. The molecule has 0 amide bonds. The van der Waals surface area contributed by atoms with Crippen molar-refractivity contribution in [3.05, 3.63) is 61.0 Å². The Balaban J connectivity index is 0. The average Bonchev–Trinajstić information content (AvgIpc) is 2.65. The molecule has 2 aromatic rings. The number of anilines is 1. The van der Waals surface area contributed by atoms with E-state index in [9.17, 15) is 4.39 Å². The Kier molecular flexibility index (Phi) is 18.5. The zero-order chi connectivity index (χ0) is 20.4. The fourth-order valence-electron chi connectivity index (χ4n) is 1.31. The number of nitrogens with one attached hydrogen (secondary N) is 1. The quantitative estimate of drug-likeness (QED) is 0.397. The third-order valence-electron chi connectivity index (χ3n) is 2.90. The maximum Gasteiger partial charge on any atom is 0.0785 e. The predicted octanol–water partition coefficient (Wildman–Crippen LogP) is 6.77. The van der Waals surface area contributed by atoms with Crippen LogP contribution in [0.1, 0.15) is 15.2 Å². The summed E-state index contributed by atoms with van der Waals surface area (Å²) in [6.45, 7) is 6.32. The van der Waals surface area contributed by atoms with Crippen LogP contribution in [0, 0.1) is 3.57 Å². The van der Waals surface area contributed by atoms with Gasteiger partial charge in [-0.05, 0) is 91.6 Å². The first-order valence-electron chi connectivity index (χ1n) is 8.44. The molecule has 2 aromatic carbocycles. The van der Waals surface area contributed by atoms with Crippen molar-refractivity contribution >= 4 is 60.1 Å². The SMILES string of the molecule is Brc1ccc(I)cc1.CCN(C)c1ccc(Br)cc1.CCNC.[2H]CF. The van der Waals surface area contributed by atoms with Crippen LogP contribution in [0.2, 0.25) is 0 Å². The van der Waals surface area contributed by atoms with Gasteiger partial charge in [0.25, 0.3) is 0 Å². The van der Waals surface area contributed by atoms with Crippen molar-refractivity contribution in [2.24, 2.45) is 0 Å². The molecule has 0 saturated heterocycles. The smallest absolute Gasteiger partial charge is 0.0785 e. The van der Waals surface area contributed by atoms with E-state index in [1.54, 1.807) is 0 Å². The molecular weight excluding hydrogens is 562 g/mol. The van der Waals surface area contributed by atoms with Crippen LogP contribution in [0.5, 0.6) is 0 Å². The summed E-state index contributed by atoms with van der Waals surface area (Å²) < 4.78 is 19.0. The molecule has 0 saturated carbocycles. The lowest BCUT2D eigenvalue weighted by Gasteiger charge is -2.16. The van der Waals surface area contributed by atoms with Crippen LogP contribution in [-0.2, 0) is 0 Å². The van der Waals surface area contributed by atoms with Crippen LogP contribution in [0.3, 0.4) is 0 Å². The van der Waals surface area contributed by atoms with Gasteiger partial charge in [0.2, 0.25) is 0 Å². The van der Waals surface area contributed by atoms with Gasteiger partial charge < -0.3 is 10.2 Å². The minimum atomic E-state index is -1.00. The van der Waals surface area contributed by atoms with E-state index in [2.05, 4.69) is 122 Å². The third kappa shape index (κ3) is 15.8. The molecule has 0 aromatic heterocycles. The zero-order valence-corrected chi connectivity index (χ0v) is 20.5. The van der Waals surface area contributed by atoms with Gasteiger partial charge in [-0.3, -0.25) is 4.39 Å². The number of halogens is 4. The fraction of sp³-hybridized carbons (Fsp3) is 0.368. The van der Waals surface area contributed by atoms with E-state index < -0.39 is 7.15 Å². The van der Waals surface area contributed by atoms with Gasteiger partial charge in [-0.15, -0.1) is 0 Å². The van der Waals surface area contributed by atoms with E-state index >= 15 is 0 Å². The molecule has 0 aliphatic carbocycles. The molecule has 0 fully saturated rings. The van der Waals surface area contributed by atoms with Gasteiger partial charge in [-0.25, -0.2) is 0 Å². The second kappa shape index (κ2) is 18.6. The minimum Gasteiger partial charge on any atom is -0.375 e. The Hall–Kier alpha value is -0.180. The van der Waals surface area contributed by atoms with Crippen molar-refractivity contribution in [1.82, 2.24) is 5.32 Å². The second-order valence-corrected chi connectivity index (χ2v) is 7.71. The molecule has 142 valence electrons. The Morgan fingerprint density at radius 2 is 1.40 bits per heavy atom. The number of alkyl halides is 1. The number of rotatable bonds is 3. The van der Waals surface area contributed by atoms with E-state index in [-0.39, 0.29) is 0 Å². The molecule has 0 bridgehead atoms. The summed E-state index contributed by atoms with van der Waals surface area (Å²) in [6.07, 6.45) is 0. The number of hydrogen-bond acceptors (Lipinski definition) is 2. The molecule has 0 heterocycles. The fourth-order valence-corrected chi connectivity index (χ4v) is 2.20. The van der Waals surface area contributed by atoms with Gasteiger partial charge >= 0.3 is 0 Å². The molecule has 1 N–H and O–H groups in total. The monoisotopic (exact) mass is 589 g/mol. The lowest BCUT2D eigenvalue weighted by Crippen LogP contribution is -2.15. The molecule has 2 rings (SSSR count).